The van der Waals surface area contributed by atoms with Gasteiger partial charge in [0.25, 0.3) is 0 Å². The van der Waals surface area contributed by atoms with Gasteiger partial charge in [0, 0.05) is 0 Å². The molecule has 1 heterocycles. The van der Waals surface area contributed by atoms with Crippen molar-refractivity contribution in [3.63, 3.8) is 0 Å². The van der Waals surface area contributed by atoms with Gasteiger partial charge in [-0.05, 0) is 51.5 Å². The number of aliphatic hydroxyl groups is 1. The molecule has 2 rings (SSSR count). The summed E-state index contributed by atoms with van der Waals surface area (Å²) in [7, 11) is 0. The molecule has 2 atom stereocenters. The third-order valence-electron chi connectivity index (χ3n) is 3.30. The summed E-state index contributed by atoms with van der Waals surface area (Å²) >= 11 is 3.24. The Kier molecular flexibility index (Phi) is 4.25. The topological polar surface area (TPSA) is 33.4 Å². The Balaban J connectivity index is 2.19. The van der Waals surface area contributed by atoms with E-state index in [4.69, 9.17) is 4.42 Å². The fourth-order valence-electron chi connectivity index (χ4n) is 1.88. The molecule has 96 valence electrons. The fraction of sp³-hybridized carbons (Fsp3) is 0.333. The van der Waals surface area contributed by atoms with Crippen molar-refractivity contribution in [1.82, 2.24) is 0 Å². The van der Waals surface area contributed by atoms with Crippen LogP contribution in [0, 0.1) is 0 Å². The zero-order valence-electron chi connectivity index (χ0n) is 10.6. The summed E-state index contributed by atoms with van der Waals surface area (Å²) in [6, 6.07) is 11.6. The maximum atomic E-state index is 10.2. The Morgan fingerprint density at radius 3 is 2.22 bits per heavy atom. The van der Waals surface area contributed by atoms with Crippen molar-refractivity contribution in [3.05, 3.63) is 58.0 Å². The Morgan fingerprint density at radius 1 is 1.11 bits per heavy atom. The molecule has 1 aromatic heterocycles. The molecule has 0 aliphatic rings. The number of hydrogen-bond donors (Lipinski definition) is 1. The minimum atomic E-state index is -0.706. The van der Waals surface area contributed by atoms with E-state index in [1.165, 1.54) is 5.56 Å². The lowest BCUT2D eigenvalue weighted by atomic mass is 9.96. The first-order valence-electron chi connectivity index (χ1n) is 6.15. The average molecular weight is 309 g/mol. The van der Waals surface area contributed by atoms with Crippen LogP contribution in [0.4, 0.5) is 0 Å². The predicted molar refractivity (Wildman–Crippen MR) is 75.6 cm³/mol. The van der Waals surface area contributed by atoms with Crippen LogP contribution in [0.3, 0.4) is 0 Å². The molecule has 1 aromatic carbocycles. The monoisotopic (exact) mass is 308 g/mol. The molecule has 0 spiro atoms. The van der Waals surface area contributed by atoms with Crippen LogP contribution >= 0.6 is 15.9 Å². The lowest BCUT2D eigenvalue weighted by Crippen LogP contribution is -1.99. The quantitative estimate of drug-likeness (QED) is 0.892. The third kappa shape index (κ3) is 2.85. The van der Waals surface area contributed by atoms with Gasteiger partial charge in [-0.3, -0.25) is 0 Å². The zero-order valence-corrected chi connectivity index (χ0v) is 12.1. The van der Waals surface area contributed by atoms with E-state index in [1.54, 1.807) is 12.1 Å². The predicted octanol–water partition coefficient (Wildman–Crippen LogP) is 4.64. The molecule has 0 amide bonds. The van der Waals surface area contributed by atoms with Crippen molar-refractivity contribution in [2.75, 3.05) is 0 Å². The average Bonchev–Trinajstić information content (AvgIpc) is 2.84. The molecular formula is C15H17BrO2. The highest BCUT2D eigenvalue weighted by Crippen LogP contribution is 2.27. The number of hydrogen-bond acceptors (Lipinski definition) is 2. The van der Waals surface area contributed by atoms with Gasteiger partial charge in [-0.25, -0.2) is 0 Å². The summed E-state index contributed by atoms with van der Waals surface area (Å²) in [6.45, 7) is 4.38. The molecule has 2 aromatic rings. The number of furan rings is 1. The van der Waals surface area contributed by atoms with Crippen LogP contribution in [0.1, 0.15) is 49.2 Å². The summed E-state index contributed by atoms with van der Waals surface area (Å²) < 4.78 is 6.00. The van der Waals surface area contributed by atoms with Crippen molar-refractivity contribution in [3.8, 4) is 0 Å². The summed E-state index contributed by atoms with van der Waals surface area (Å²) in [6.07, 6.45) is 0.412. The van der Waals surface area contributed by atoms with Crippen LogP contribution in [-0.4, -0.2) is 5.11 Å². The van der Waals surface area contributed by atoms with Gasteiger partial charge < -0.3 is 9.52 Å². The number of aliphatic hydroxyl groups excluding tert-OH is 1. The first kappa shape index (κ1) is 13.4. The van der Waals surface area contributed by atoms with E-state index < -0.39 is 6.10 Å². The van der Waals surface area contributed by atoms with Crippen LogP contribution in [0.15, 0.2) is 45.5 Å². The summed E-state index contributed by atoms with van der Waals surface area (Å²) in [5.41, 5.74) is 2.15. The Morgan fingerprint density at radius 2 is 1.72 bits per heavy atom. The maximum absolute atomic E-state index is 10.2. The van der Waals surface area contributed by atoms with E-state index in [0.717, 1.165) is 12.0 Å². The van der Waals surface area contributed by atoms with Crippen molar-refractivity contribution < 1.29 is 9.52 Å². The molecule has 0 saturated carbocycles. The summed E-state index contributed by atoms with van der Waals surface area (Å²) in [4.78, 5) is 0. The normalized spacial score (nSPS) is 14.4. The smallest absolute Gasteiger partial charge is 0.169 e. The van der Waals surface area contributed by atoms with Crippen molar-refractivity contribution in [2.24, 2.45) is 0 Å². The molecule has 0 bridgehead atoms. The fourth-order valence-corrected chi connectivity index (χ4v) is 2.20. The van der Waals surface area contributed by atoms with E-state index in [9.17, 15) is 5.11 Å². The van der Waals surface area contributed by atoms with E-state index in [1.807, 2.05) is 12.1 Å². The highest BCUT2D eigenvalue weighted by Gasteiger charge is 2.14. The van der Waals surface area contributed by atoms with E-state index in [-0.39, 0.29) is 0 Å². The molecule has 3 heteroatoms. The van der Waals surface area contributed by atoms with Crippen molar-refractivity contribution >= 4 is 15.9 Å². The molecule has 0 aliphatic heterocycles. The zero-order chi connectivity index (χ0) is 13.1. The van der Waals surface area contributed by atoms with E-state index in [0.29, 0.717) is 16.3 Å². The molecule has 1 N–H and O–H groups in total. The number of benzene rings is 1. The number of rotatable bonds is 4. The lowest BCUT2D eigenvalue weighted by Gasteiger charge is -2.12. The Bertz CT molecular complexity index is 501. The highest BCUT2D eigenvalue weighted by atomic mass is 79.9. The Labute approximate surface area is 116 Å². The van der Waals surface area contributed by atoms with Gasteiger partial charge in [-0.15, -0.1) is 0 Å². The molecule has 0 aliphatic carbocycles. The van der Waals surface area contributed by atoms with Gasteiger partial charge in [0.2, 0.25) is 0 Å². The molecule has 0 fully saturated rings. The molecule has 0 saturated heterocycles. The SMILES string of the molecule is CCC(C)c1ccc(C(O)c2ccc(Br)o2)cc1. The van der Waals surface area contributed by atoms with Gasteiger partial charge in [-0.2, -0.15) is 0 Å². The largest absolute Gasteiger partial charge is 0.451 e. The number of halogens is 1. The first-order chi connectivity index (χ1) is 8.61. The summed E-state index contributed by atoms with van der Waals surface area (Å²) in [5.74, 6) is 1.10. The van der Waals surface area contributed by atoms with Crippen LogP contribution in [-0.2, 0) is 0 Å². The lowest BCUT2D eigenvalue weighted by molar-refractivity contribution is 0.187. The van der Waals surface area contributed by atoms with Crippen LogP contribution in [0.5, 0.6) is 0 Å². The first-order valence-corrected chi connectivity index (χ1v) is 6.94. The van der Waals surface area contributed by atoms with Gasteiger partial charge in [0.1, 0.15) is 11.9 Å². The third-order valence-corrected chi connectivity index (χ3v) is 3.72. The second-order valence-corrected chi connectivity index (χ2v) is 5.30. The van der Waals surface area contributed by atoms with Crippen molar-refractivity contribution in [1.29, 1.82) is 0 Å². The minimum absolute atomic E-state index is 0.550. The second kappa shape index (κ2) is 5.72. The van der Waals surface area contributed by atoms with Gasteiger partial charge in [0.15, 0.2) is 4.67 Å². The van der Waals surface area contributed by atoms with Crippen molar-refractivity contribution in [2.45, 2.75) is 32.3 Å². The standard InChI is InChI=1S/C15H17BrO2/c1-3-10(2)11-4-6-12(7-5-11)15(17)13-8-9-14(16)18-13/h4-10,15,17H,3H2,1-2H3. The van der Waals surface area contributed by atoms with E-state index in [2.05, 4.69) is 41.9 Å². The van der Waals surface area contributed by atoms with Gasteiger partial charge >= 0.3 is 0 Å². The molecular weight excluding hydrogens is 292 g/mol. The maximum Gasteiger partial charge on any atom is 0.169 e. The molecule has 0 radical (unpaired) electrons. The van der Waals surface area contributed by atoms with Gasteiger partial charge in [-0.1, -0.05) is 38.1 Å². The van der Waals surface area contributed by atoms with Crippen LogP contribution in [0.25, 0.3) is 0 Å². The molecule has 18 heavy (non-hydrogen) atoms. The molecule has 2 nitrogen and oxygen atoms in total. The van der Waals surface area contributed by atoms with E-state index >= 15 is 0 Å². The van der Waals surface area contributed by atoms with Gasteiger partial charge in [0.05, 0.1) is 0 Å². The highest BCUT2D eigenvalue weighted by molar-refractivity contribution is 9.10. The van der Waals surface area contributed by atoms with Crippen LogP contribution < -0.4 is 0 Å². The minimum Gasteiger partial charge on any atom is -0.451 e. The molecule has 2 unspecified atom stereocenters. The summed E-state index contributed by atoms with van der Waals surface area (Å²) in [5, 5.41) is 10.2. The second-order valence-electron chi connectivity index (χ2n) is 4.52. The van der Waals surface area contributed by atoms with Crippen LogP contribution in [0.2, 0.25) is 0 Å². The Hall–Kier alpha value is -1.06.